The van der Waals surface area contributed by atoms with Crippen molar-refractivity contribution in [3.05, 3.63) is 52.3 Å². The molecule has 25 heavy (non-hydrogen) atoms. The normalized spacial score (nSPS) is 34.8. The lowest BCUT2D eigenvalue weighted by atomic mass is 9.57. The van der Waals surface area contributed by atoms with Gasteiger partial charge in [-0.15, -0.1) is 0 Å². The Bertz CT molecular complexity index is 835. The summed E-state index contributed by atoms with van der Waals surface area (Å²) in [6, 6.07) is 5.14. The molecule has 0 N–H and O–H groups in total. The summed E-state index contributed by atoms with van der Waals surface area (Å²) in [6.07, 6.45) is 9.69. The maximum Gasteiger partial charge on any atom is 0.169 e. The van der Waals surface area contributed by atoms with Crippen molar-refractivity contribution in [2.75, 3.05) is 20.2 Å². The topological polar surface area (TPSA) is 21.7 Å². The van der Waals surface area contributed by atoms with E-state index >= 15 is 0 Å². The van der Waals surface area contributed by atoms with Crippen molar-refractivity contribution >= 4 is 0 Å². The van der Waals surface area contributed by atoms with Crippen LogP contribution < -0.4 is 4.74 Å². The van der Waals surface area contributed by atoms with Gasteiger partial charge in [-0.25, -0.2) is 0 Å². The maximum atomic E-state index is 6.59. The summed E-state index contributed by atoms with van der Waals surface area (Å²) in [4.78, 5) is 2.76. The molecule has 3 atom stereocenters. The molecule has 6 rings (SSSR count). The molecule has 0 amide bonds. The Morgan fingerprint density at radius 3 is 2.96 bits per heavy atom. The first kappa shape index (κ1) is 14.4. The predicted octanol–water partition coefficient (Wildman–Crippen LogP) is 3.50. The SMILES string of the molecule is COC1=CC=C2[C@H]3Cc4ccc(C)c5c4[C@@]2(CCN3CC2CC2)C1O5. The monoisotopic (exact) mass is 335 g/mol. The number of ether oxygens (including phenoxy) is 2. The van der Waals surface area contributed by atoms with E-state index in [9.17, 15) is 0 Å². The molecule has 1 spiro atoms. The summed E-state index contributed by atoms with van der Waals surface area (Å²) in [5.41, 5.74) is 5.84. The van der Waals surface area contributed by atoms with Crippen LogP contribution in [0, 0.1) is 12.8 Å². The lowest BCUT2D eigenvalue weighted by Gasteiger charge is -2.53. The number of piperidine rings is 1. The molecule has 1 unspecified atom stereocenters. The molecule has 3 heteroatoms. The van der Waals surface area contributed by atoms with Gasteiger partial charge in [0.1, 0.15) is 11.5 Å². The molecule has 1 saturated heterocycles. The van der Waals surface area contributed by atoms with Gasteiger partial charge in [0.2, 0.25) is 0 Å². The second-order valence-corrected chi connectivity index (χ2v) is 8.52. The highest BCUT2D eigenvalue weighted by molar-refractivity contribution is 5.65. The average Bonchev–Trinajstić information content (AvgIpc) is 3.37. The highest BCUT2D eigenvalue weighted by atomic mass is 16.5. The molecule has 1 aromatic rings. The Hall–Kier alpha value is -1.74. The molecular weight excluding hydrogens is 310 g/mol. The smallest absolute Gasteiger partial charge is 0.169 e. The molecule has 5 aliphatic rings. The van der Waals surface area contributed by atoms with Gasteiger partial charge in [0.15, 0.2) is 6.10 Å². The molecule has 3 nitrogen and oxygen atoms in total. The zero-order chi connectivity index (χ0) is 16.8. The summed E-state index contributed by atoms with van der Waals surface area (Å²) < 4.78 is 12.3. The second-order valence-electron chi connectivity index (χ2n) is 8.52. The molecule has 130 valence electrons. The van der Waals surface area contributed by atoms with Crippen LogP contribution in [0.2, 0.25) is 0 Å². The van der Waals surface area contributed by atoms with E-state index in [0.29, 0.717) is 6.04 Å². The first-order valence-electron chi connectivity index (χ1n) is 9.72. The fourth-order valence-electron chi connectivity index (χ4n) is 5.85. The van der Waals surface area contributed by atoms with Crippen molar-refractivity contribution in [3.8, 4) is 5.75 Å². The Balaban J connectivity index is 1.57. The van der Waals surface area contributed by atoms with Gasteiger partial charge in [-0.1, -0.05) is 18.2 Å². The number of likely N-dealkylation sites (tertiary alicyclic amines) is 1. The van der Waals surface area contributed by atoms with Crippen molar-refractivity contribution in [2.45, 2.75) is 50.2 Å². The molecule has 1 aromatic carbocycles. The number of nitrogens with zero attached hydrogens (tertiary/aromatic N) is 1. The van der Waals surface area contributed by atoms with Gasteiger partial charge < -0.3 is 9.47 Å². The zero-order valence-corrected chi connectivity index (χ0v) is 15.0. The Labute approximate surface area is 149 Å². The number of aryl methyl sites for hydroxylation is 1. The molecule has 2 aliphatic heterocycles. The molecule has 0 radical (unpaired) electrons. The third-order valence-corrected chi connectivity index (χ3v) is 7.20. The van der Waals surface area contributed by atoms with E-state index in [1.165, 1.54) is 42.6 Å². The van der Waals surface area contributed by atoms with E-state index in [0.717, 1.165) is 30.3 Å². The van der Waals surface area contributed by atoms with E-state index in [-0.39, 0.29) is 11.5 Å². The van der Waals surface area contributed by atoms with Crippen molar-refractivity contribution in [2.24, 2.45) is 5.92 Å². The number of hydrogen-bond donors (Lipinski definition) is 0. The van der Waals surface area contributed by atoms with E-state index < -0.39 is 0 Å². The minimum atomic E-state index is 0.0136. The summed E-state index contributed by atoms with van der Waals surface area (Å²) in [6.45, 7) is 4.64. The molecule has 0 aromatic heterocycles. The van der Waals surface area contributed by atoms with Crippen molar-refractivity contribution in [1.29, 1.82) is 0 Å². The van der Waals surface area contributed by atoms with Gasteiger partial charge in [-0.05, 0) is 61.3 Å². The largest absolute Gasteiger partial charge is 0.497 e. The zero-order valence-electron chi connectivity index (χ0n) is 15.0. The second kappa shape index (κ2) is 4.70. The quantitative estimate of drug-likeness (QED) is 0.844. The third-order valence-electron chi connectivity index (χ3n) is 7.20. The molecule has 2 fully saturated rings. The average molecular weight is 335 g/mol. The van der Waals surface area contributed by atoms with Gasteiger partial charge in [-0.3, -0.25) is 4.90 Å². The minimum absolute atomic E-state index is 0.0136. The number of methoxy groups -OCH3 is 1. The summed E-state index contributed by atoms with van der Waals surface area (Å²) in [7, 11) is 1.78. The minimum Gasteiger partial charge on any atom is -0.497 e. The van der Waals surface area contributed by atoms with E-state index in [1.807, 2.05) is 0 Å². The number of benzene rings is 1. The van der Waals surface area contributed by atoms with Crippen LogP contribution >= 0.6 is 0 Å². The van der Waals surface area contributed by atoms with Crippen LogP contribution in [-0.2, 0) is 16.6 Å². The molecular formula is C22H25NO2. The number of allylic oxidation sites excluding steroid dienone is 2. The first-order chi connectivity index (χ1) is 12.2. The Kier molecular flexibility index (Phi) is 2.71. The Morgan fingerprint density at radius 1 is 1.28 bits per heavy atom. The van der Waals surface area contributed by atoms with Gasteiger partial charge in [0.05, 0.1) is 12.5 Å². The van der Waals surface area contributed by atoms with Crippen molar-refractivity contribution in [1.82, 2.24) is 4.90 Å². The highest BCUT2D eigenvalue weighted by Gasteiger charge is 2.62. The standard InChI is InChI=1S/C22H25NO2/c1-13-3-6-15-11-17-16-7-8-18(24-2)21-22(16,19(15)20(13)25-21)9-10-23(17)12-14-4-5-14/h3,6-8,14,17,21H,4-5,9-12H2,1-2H3/t17-,21?,22+/m1/s1. The van der Waals surface area contributed by atoms with E-state index in [2.05, 4.69) is 36.1 Å². The van der Waals surface area contributed by atoms with E-state index in [4.69, 9.17) is 9.47 Å². The van der Waals surface area contributed by atoms with E-state index in [1.54, 1.807) is 12.7 Å². The van der Waals surface area contributed by atoms with Gasteiger partial charge >= 0.3 is 0 Å². The fraction of sp³-hybridized carbons (Fsp3) is 0.545. The maximum absolute atomic E-state index is 6.59. The third kappa shape index (κ3) is 1.70. The van der Waals surface area contributed by atoms with Crippen LogP contribution in [0.5, 0.6) is 5.75 Å². The fourth-order valence-corrected chi connectivity index (χ4v) is 5.85. The van der Waals surface area contributed by atoms with Crippen LogP contribution in [-0.4, -0.2) is 37.2 Å². The van der Waals surface area contributed by atoms with Gasteiger partial charge in [0, 0.05) is 24.7 Å². The van der Waals surface area contributed by atoms with Crippen LogP contribution in [0.15, 0.2) is 35.6 Å². The highest BCUT2D eigenvalue weighted by Crippen LogP contribution is 2.61. The summed E-state index contributed by atoms with van der Waals surface area (Å²) in [5.74, 6) is 3.06. The van der Waals surface area contributed by atoms with Crippen LogP contribution in [0.4, 0.5) is 0 Å². The van der Waals surface area contributed by atoms with Crippen LogP contribution in [0.1, 0.15) is 36.0 Å². The van der Waals surface area contributed by atoms with Gasteiger partial charge in [-0.2, -0.15) is 0 Å². The predicted molar refractivity (Wildman–Crippen MR) is 96.9 cm³/mol. The Morgan fingerprint density at radius 2 is 2.16 bits per heavy atom. The molecule has 2 heterocycles. The first-order valence-corrected chi connectivity index (χ1v) is 9.72. The molecule has 1 saturated carbocycles. The lowest BCUT2D eigenvalue weighted by Crippen LogP contribution is -2.59. The number of hydrogen-bond acceptors (Lipinski definition) is 3. The number of rotatable bonds is 3. The van der Waals surface area contributed by atoms with Gasteiger partial charge in [0.25, 0.3) is 0 Å². The van der Waals surface area contributed by atoms with Crippen molar-refractivity contribution < 1.29 is 9.47 Å². The van der Waals surface area contributed by atoms with Crippen LogP contribution in [0.25, 0.3) is 0 Å². The summed E-state index contributed by atoms with van der Waals surface area (Å²) in [5, 5.41) is 0. The lowest BCUT2D eigenvalue weighted by molar-refractivity contribution is 0.0629. The molecule has 2 bridgehead atoms. The van der Waals surface area contributed by atoms with Crippen molar-refractivity contribution in [3.63, 3.8) is 0 Å². The summed E-state index contributed by atoms with van der Waals surface area (Å²) >= 11 is 0. The van der Waals surface area contributed by atoms with Crippen LogP contribution in [0.3, 0.4) is 0 Å². The molecule has 3 aliphatic carbocycles.